The van der Waals surface area contributed by atoms with Crippen LogP contribution in [0.3, 0.4) is 0 Å². The van der Waals surface area contributed by atoms with Crippen molar-refractivity contribution in [2.75, 3.05) is 6.54 Å². The van der Waals surface area contributed by atoms with Gasteiger partial charge in [-0.25, -0.2) is 8.42 Å². The average Bonchev–Trinajstić information content (AvgIpc) is 3.38. The smallest absolute Gasteiger partial charge is 0.266 e. The first-order valence-electron chi connectivity index (χ1n) is 8.49. The minimum Gasteiger partial charge on any atom is -0.318 e. The van der Waals surface area contributed by atoms with E-state index < -0.39 is 22.0 Å². The van der Waals surface area contributed by atoms with Crippen molar-refractivity contribution >= 4 is 83.6 Å². The number of carbonyl (C=O) groups is 1. The fourth-order valence-electron chi connectivity index (χ4n) is 3.27. The molecule has 0 saturated carbocycles. The van der Waals surface area contributed by atoms with Crippen LogP contribution in [0.4, 0.5) is 0 Å². The number of amides is 1. The van der Waals surface area contributed by atoms with Gasteiger partial charge in [-0.2, -0.15) is 9.30 Å². The van der Waals surface area contributed by atoms with Gasteiger partial charge in [0, 0.05) is 13.6 Å². The molecule has 12 heteroatoms. The molecule has 1 unspecified atom stereocenters. The van der Waals surface area contributed by atoms with Crippen LogP contribution in [-0.2, 0) is 21.9 Å². The minimum absolute atomic E-state index is 0.121. The molecule has 0 aliphatic carbocycles. The molecule has 0 N–H and O–H groups in total. The van der Waals surface area contributed by atoms with Crippen molar-refractivity contribution in [1.29, 1.82) is 0 Å². The second-order valence-electron chi connectivity index (χ2n) is 6.43. The molecule has 4 rings (SSSR count). The molecule has 1 saturated heterocycles. The molecule has 6 nitrogen and oxygen atoms in total. The highest BCUT2D eigenvalue weighted by molar-refractivity contribution is 7.91. The third-order valence-electron chi connectivity index (χ3n) is 4.66. The number of sulfonamides is 1. The van der Waals surface area contributed by atoms with Crippen molar-refractivity contribution < 1.29 is 13.2 Å². The van der Waals surface area contributed by atoms with Crippen LogP contribution in [0.15, 0.2) is 33.5 Å². The predicted octanol–water partition coefficient (Wildman–Crippen LogP) is 4.54. The van der Waals surface area contributed by atoms with Crippen molar-refractivity contribution in [2.24, 2.45) is 12.0 Å². The summed E-state index contributed by atoms with van der Waals surface area (Å²) in [6, 6.07) is 5.64. The fourth-order valence-corrected chi connectivity index (χ4v) is 8.07. The molecule has 29 heavy (non-hydrogen) atoms. The molecular formula is C17H14Cl3N3O3S3. The molecule has 0 spiro atoms. The number of hydrogen-bond donors (Lipinski definition) is 0. The Hall–Kier alpha value is -0.940. The Morgan fingerprint density at radius 2 is 1.93 bits per heavy atom. The van der Waals surface area contributed by atoms with Crippen LogP contribution in [0.2, 0.25) is 14.4 Å². The summed E-state index contributed by atoms with van der Waals surface area (Å²) in [5.74, 6) is -0.502. The number of aromatic nitrogens is 1. The van der Waals surface area contributed by atoms with Crippen molar-refractivity contribution in [3.63, 3.8) is 0 Å². The van der Waals surface area contributed by atoms with E-state index in [0.29, 0.717) is 37.5 Å². The number of thiophene rings is 1. The van der Waals surface area contributed by atoms with Crippen molar-refractivity contribution in [2.45, 2.75) is 23.1 Å². The van der Waals surface area contributed by atoms with E-state index >= 15 is 0 Å². The number of rotatable bonds is 3. The van der Waals surface area contributed by atoms with Gasteiger partial charge in [0.15, 0.2) is 4.80 Å². The predicted molar refractivity (Wildman–Crippen MR) is 118 cm³/mol. The number of halogens is 3. The fraction of sp³-hybridized carbons (Fsp3) is 0.294. The maximum atomic E-state index is 13.0. The highest BCUT2D eigenvalue weighted by Crippen LogP contribution is 2.33. The molecule has 3 heterocycles. The van der Waals surface area contributed by atoms with Gasteiger partial charge in [0.25, 0.3) is 15.9 Å². The normalized spacial score (nSPS) is 18.8. The van der Waals surface area contributed by atoms with Crippen molar-refractivity contribution in [3.05, 3.63) is 43.4 Å². The number of benzene rings is 1. The van der Waals surface area contributed by atoms with Gasteiger partial charge in [-0.3, -0.25) is 4.79 Å². The first kappa shape index (κ1) is 21.3. The summed E-state index contributed by atoms with van der Waals surface area (Å²) in [6.45, 7) is 0.268. The van der Waals surface area contributed by atoms with Gasteiger partial charge in [-0.15, -0.1) is 11.3 Å². The average molecular weight is 511 g/mol. The zero-order valence-corrected chi connectivity index (χ0v) is 19.7. The summed E-state index contributed by atoms with van der Waals surface area (Å²) >= 11 is 20.5. The second kappa shape index (κ2) is 7.96. The summed E-state index contributed by atoms with van der Waals surface area (Å²) in [5, 5.41) is 0.796. The third-order valence-corrected chi connectivity index (χ3v) is 10.2. The molecular weight excluding hydrogens is 497 g/mol. The van der Waals surface area contributed by atoms with Crippen LogP contribution in [-0.4, -0.2) is 35.8 Å². The van der Waals surface area contributed by atoms with Crippen LogP contribution in [0.25, 0.3) is 10.2 Å². The van der Waals surface area contributed by atoms with E-state index in [0.717, 1.165) is 16.0 Å². The summed E-state index contributed by atoms with van der Waals surface area (Å²) < 4.78 is 30.2. The van der Waals surface area contributed by atoms with Gasteiger partial charge >= 0.3 is 0 Å². The van der Waals surface area contributed by atoms with Gasteiger partial charge in [-0.05, 0) is 37.1 Å². The number of carbonyl (C=O) groups excluding carboxylic acids is 1. The quantitative estimate of drug-likeness (QED) is 0.519. The standard InChI is InChI=1S/C17H14Cl3N3O3S3/c1-22-15-11(5-4-9(18)14(15)20)27-17(22)21-16(24)10-3-2-8-23(10)29(25,26)13-7-6-12(19)28-13/h4-7,10H,2-3,8H2,1H3. The zero-order chi connectivity index (χ0) is 20.9. The van der Waals surface area contributed by atoms with Gasteiger partial charge in [0.2, 0.25) is 0 Å². The number of thiazole rings is 1. The van der Waals surface area contributed by atoms with Crippen molar-refractivity contribution in [1.82, 2.24) is 8.87 Å². The highest BCUT2D eigenvalue weighted by atomic mass is 35.5. The molecule has 2 aromatic heterocycles. The Bertz CT molecular complexity index is 1290. The molecule has 1 fully saturated rings. The summed E-state index contributed by atoms with van der Waals surface area (Å²) in [5.41, 5.74) is 0.680. The maximum Gasteiger partial charge on any atom is 0.266 e. The van der Waals surface area contributed by atoms with E-state index in [1.54, 1.807) is 17.7 Å². The lowest BCUT2D eigenvalue weighted by molar-refractivity contribution is -0.121. The summed E-state index contributed by atoms with van der Waals surface area (Å²) in [6.07, 6.45) is 1.01. The van der Waals surface area contributed by atoms with Crippen LogP contribution in [0, 0.1) is 0 Å². The lowest BCUT2D eigenvalue weighted by Gasteiger charge is -2.20. The SMILES string of the molecule is Cn1c(=NC(=O)C2CCCN2S(=O)(=O)c2ccc(Cl)s2)sc2ccc(Cl)c(Cl)c21. The van der Waals surface area contributed by atoms with Gasteiger partial charge in [-0.1, -0.05) is 46.1 Å². The lowest BCUT2D eigenvalue weighted by atomic mass is 10.2. The molecule has 0 radical (unpaired) electrons. The molecule has 0 bridgehead atoms. The highest BCUT2D eigenvalue weighted by Gasteiger charge is 2.40. The number of fused-ring (bicyclic) bond motifs is 1. The molecule has 1 atom stereocenters. The van der Waals surface area contributed by atoms with Crippen LogP contribution in [0.5, 0.6) is 0 Å². The Morgan fingerprint density at radius 1 is 1.17 bits per heavy atom. The van der Waals surface area contributed by atoms with E-state index in [4.69, 9.17) is 34.8 Å². The van der Waals surface area contributed by atoms with Crippen LogP contribution in [0.1, 0.15) is 12.8 Å². The first-order chi connectivity index (χ1) is 13.7. The van der Waals surface area contributed by atoms with E-state index in [1.165, 1.54) is 27.8 Å². The zero-order valence-electron chi connectivity index (χ0n) is 14.9. The summed E-state index contributed by atoms with van der Waals surface area (Å²) in [4.78, 5) is 17.6. The molecule has 3 aromatic rings. The largest absolute Gasteiger partial charge is 0.318 e. The number of aryl methyl sites for hydroxylation is 1. The molecule has 1 aliphatic heterocycles. The van der Waals surface area contributed by atoms with E-state index in [2.05, 4.69) is 4.99 Å². The van der Waals surface area contributed by atoms with Gasteiger partial charge in [0.1, 0.15) is 10.3 Å². The molecule has 1 aliphatic rings. The molecule has 1 amide bonds. The molecule has 154 valence electrons. The topological polar surface area (TPSA) is 71.7 Å². The number of nitrogens with zero attached hydrogens (tertiary/aromatic N) is 3. The van der Waals surface area contributed by atoms with Crippen LogP contribution < -0.4 is 4.80 Å². The van der Waals surface area contributed by atoms with Gasteiger partial charge in [0.05, 0.1) is 24.6 Å². The second-order valence-corrected chi connectivity index (χ2v) is 12.1. The first-order valence-corrected chi connectivity index (χ1v) is 12.7. The van der Waals surface area contributed by atoms with Gasteiger partial charge < -0.3 is 4.57 Å². The van der Waals surface area contributed by atoms with E-state index in [-0.39, 0.29) is 10.8 Å². The monoisotopic (exact) mass is 509 g/mol. The summed E-state index contributed by atoms with van der Waals surface area (Å²) in [7, 11) is -2.07. The Balaban J connectivity index is 1.72. The molecule has 1 aromatic carbocycles. The maximum absolute atomic E-state index is 13.0. The Morgan fingerprint density at radius 3 is 2.62 bits per heavy atom. The number of hydrogen-bond acceptors (Lipinski definition) is 5. The lowest BCUT2D eigenvalue weighted by Crippen LogP contribution is -2.40. The van der Waals surface area contributed by atoms with E-state index in [9.17, 15) is 13.2 Å². The van der Waals surface area contributed by atoms with Crippen molar-refractivity contribution in [3.8, 4) is 0 Å². The van der Waals surface area contributed by atoms with E-state index in [1.807, 2.05) is 6.07 Å². The minimum atomic E-state index is -3.81. The Kier molecular flexibility index (Phi) is 5.84. The third kappa shape index (κ3) is 3.78. The Labute approximate surface area is 190 Å². The van der Waals surface area contributed by atoms with Crippen LogP contribution >= 0.6 is 57.5 Å².